The highest BCUT2D eigenvalue weighted by molar-refractivity contribution is 5.88. The summed E-state index contributed by atoms with van der Waals surface area (Å²) < 4.78 is 5.41. The Kier molecular flexibility index (Phi) is 3.50. The third-order valence-corrected chi connectivity index (χ3v) is 2.98. The first-order chi connectivity index (χ1) is 8.58. The van der Waals surface area contributed by atoms with Crippen molar-refractivity contribution in [3.05, 3.63) is 29.3 Å². The molecule has 1 heterocycles. The fraction of sp³-hybridized carbons (Fsp3) is 0.385. The van der Waals surface area contributed by atoms with Crippen LogP contribution >= 0.6 is 0 Å². The lowest BCUT2D eigenvalue weighted by atomic mass is 10.1. The minimum absolute atomic E-state index is 0.00720. The van der Waals surface area contributed by atoms with Crippen molar-refractivity contribution >= 4 is 11.9 Å². The lowest BCUT2D eigenvalue weighted by molar-refractivity contribution is -0.136. The fourth-order valence-corrected chi connectivity index (χ4v) is 1.74. The molecule has 5 nitrogen and oxygen atoms in total. The van der Waals surface area contributed by atoms with Crippen LogP contribution in [0.3, 0.4) is 0 Å². The molecule has 0 unspecified atom stereocenters. The summed E-state index contributed by atoms with van der Waals surface area (Å²) in [4.78, 5) is 24.1. The molecule has 1 aliphatic rings. The van der Waals surface area contributed by atoms with Crippen molar-refractivity contribution in [2.45, 2.75) is 13.3 Å². The maximum atomic E-state index is 11.6. The SMILES string of the molecule is Cc1cc(C(=O)O)ccc1OCC(=O)N1CCC1. The summed E-state index contributed by atoms with van der Waals surface area (Å²) in [6.45, 7) is 3.38. The van der Waals surface area contributed by atoms with Gasteiger partial charge >= 0.3 is 5.97 Å². The number of rotatable bonds is 4. The van der Waals surface area contributed by atoms with Gasteiger partial charge < -0.3 is 14.7 Å². The first kappa shape index (κ1) is 12.4. The average molecular weight is 249 g/mol. The highest BCUT2D eigenvalue weighted by atomic mass is 16.5. The van der Waals surface area contributed by atoms with Gasteiger partial charge in [-0.15, -0.1) is 0 Å². The van der Waals surface area contributed by atoms with Crippen molar-refractivity contribution in [2.75, 3.05) is 19.7 Å². The average Bonchev–Trinajstić information content (AvgIpc) is 2.24. The molecular formula is C13H15NO4. The summed E-state index contributed by atoms with van der Waals surface area (Å²) in [6.07, 6.45) is 1.05. The monoisotopic (exact) mass is 249 g/mol. The first-order valence-corrected chi connectivity index (χ1v) is 5.82. The van der Waals surface area contributed by atoms with Gasteiger partial charge in [0.2, 0.25) is 0 Å². The molecule has 1 aromatic carbocycles. The number of benzene rings is 1. The van der Waals surface area contributed by atoms with E-state index in [9.17, 15) is 9.59 Å². The van der Waals surface area contributed by atoms with E-state index >= 15 is 0 Å². The molecule has 5 heteroatoms. The Morgan fingerprint density at radius 3 is 2.61 bits per heavy atom. The van der Waals surface area contributed by atoms with Crippen LogP contribution in [0.2, 0.25) is 0 Å². The van der Waals surface area contributed by atoms with Crippen LogP contribution in [0.1, 0.15) is 22.3 Å². The van der Waals surface area contributed by atoms with Gasteiger partial charge in [0.15, 0.2) is 6.61 Å². The van der Waals surface area contributed by atoms with Crippen molar-refractivity contribution < 1.29 is 19.4 Å². The minimum Gasteiger partial charge on any atom is -0.483 e. The van der Waals surface area contributed by atoms with Crippen molar-refractivity contribution in [2.24, 2.45) is 0 Å². The third kappa shape index (κ3) is 2.61. The number of hydrogen-bond donors (Lipinski definition) is 1. The minimum atomic E-state index is -0.971. The van der Waals surface area contributed by atoms with E-state index in [1.165, 1.54) is 12.1 Å². The molecule has 0 bridgehead atoms. The van der Waals surface area contributed by atoms with Crippen LogP contribution < -0.4 is 4.74 Å². The number of carboxylic acid groups (broad SMARTS) is 1. The van der Waals surface area contributed by atoms with E-state index < -0.39 is 5.97 Å². The normalized spacial score (nSPS) is 13.9. The van der Waals surface area contributed by atoms with Crippen molar-refractivity contribution in [3.8, 4) is 5.75 Å². The van der Waals surface area contributed by atoms with Crippen molar-refractivity contribution in [1.82, 2.24) is 4.90 Å². The Morgan fingerprint density at radius 2 is 2.11 bits per heavy atom. The summed E-state index contributed by atoms with van der Waals surface area (Å²) in [7, 11) is 0. The summed E-state index contributed by atoms with van der Waals surface area (Å²) in [5, 5.41) is 8.83. The van der Waals surface area contributed by atoms with Crippen LogP contribution in [0, 0.1) is 6.92 Å². The fourth-order valence-electron chi connectivity index (χ4n) is 1.74. The molecule has 1 aliphatic heterocycles. The van der Waals surface area contributed by atoms with E-state index in [2.05, 4.69) is 0 Å². The van der Waals surface area contributed by atoms with Crippen LogP contribution in [0.15, 0.2) is 18.2 Å². The van der Waals surface area contributed by atoms with E-state index in [-0.39, 0.29) is 18.1 Å². The largest absolute Gasteiger partial charge is 0.483 e. The van der Waals surface area contributed by atoms with Crippen LogP contribution in [0.5, 0.6) is 5.75 Å². The van der Waals surface area contributed by atoms with Gasteiger partial charge in [-0.3, -0.25) is 4.79 Å². The van der Waals surface area contributed by atoms with Gasteiger partial charge in [0.1, 0.15) is 5.75 Å². The number of nitrogens with zero attached hydrogens (tertiary/aromatic N) is 1. The molecular weight excluding hydrogens is 234 g/mol. The first-order valence-electron chi connectivity index (χ1n) is 5.82. The van der Waals surface area contributed by atoms with Gasteiger partial charge in [0, 0.05) is 13.1 Å². The Hall–Kier alpha value is -2.04. The molecule has 1 aromatic rings. The van der Waals surface area contributed by atoms with E-state index in [0.717, 1.165) is 19.5 Å². The Bertz CT molecular complexity index is 480. The van der Waals surface area contributed by atoms with E-state index in [4.69, 9.17) is 9.84 Å². The zero-order valence-corrected chi connectivity index (χ0v) is 10.2. The van der Waals surface area contributed by atoms with Gasteiger partial charge in [-0.1, -0.05) is 0 Å². The number of carbonyl (C=O) groups is 2. The standard InChI is InChI=1S/C13H15NO4/c1-9-7-10(13(16)17)3-4-11(9)18-8-12(15)14-5-2-6-14/h3-4,7H,2,5-6,8H2,1H3,(H,16,17). The number of ether oxygens (including phenoxy) is 1. The zero-order chi connectivity index (χ0) is 13.1. The molecule has 1 amide bonds. The Balaban J connectivity index is 1.96. The maximum Gasteiger partial charge on any atom is 0.335 e. The molecule has 0 atom stereocenters. The maximum absolute atomic E-state index is 11.6. The van der Waals surface area contributed by atoms with Gasteiger partial charge in [0.05, 0.1) is 5.56 Å². The predicted octanol–water partition coefficient (Wildman–Crippen LogP) is 1.30. The molecule has 1 N–H and O–H groups in total. The summed E-state index contributed by atoms with van der Waals surface area (Å²) in [6, 6.07) is 4.59. The highest BCUT2D eigenvalue weighted by Gasteiger charge is 2.20. The van der Waals surface area contributed by atoms with Gasteiger partial charge in [0.25, 0.3) is 5.91 Å². The van der Waals surface area contributed by atoms with E-state index in [1.54, 1.807) is 17.9 Å². The van der Waals surface area contributed by atoms with Gasteiger partial charge in [-0.05, 0) is 37.1 Å². The molecule has 0 radical (unpaired) electrons. The molecule has 0 aliphatic carbocycles. The van der Waals surface area contributed by atoms with Crippen LogP contribution in [-0.4, -0.2) is 41.6 Å². The number of hydrogen-bond acceptors (Lipinski definition) is 3. The quantitative estimate of drug-likeness (QED) is 0.873. The summed E-state index contributed by atoms with van der Waals surface area (Å²) in [5.74, 6) is -0.446. The van der Waals surface area contributed by atoms with Gasteiger partial charge in [-0.2, -0.15) is 0 Å². The van der Waals surface area contributed by atoms with Crippen LogP contribution in [-0.2, 0) is 4.79 Å². The van der Waals surface area contributed by atoms with Crippen molar-refractivity contribution in [3.63, 3.8) is 0 Å². The number of amides is 1. The number of carbonyl (C=O) groups excluding carboxylic acids is 1. The van der Waals surface area contributed by atoms with E-state index in [1.807, 2.05) is 0 Å². The number of carboxylic acids is 1. The third-order valence-electron chi connectivity index (χ3n) is 2.98. The van der Waals surface area contributed by atoms with E-state index in [0.29, 0.717) is 11.3 Å². The molecule has 0 spiro atoms. The number of likely N-dealkylation sites (tertiary alicyclic amines) is 1. The Labute approximate surface area is 105 Å². The molecule has 2 rings (SSSR count). The van der Waals surface area contributed by atoms with Crippen LogP contribution in [0.25, 0.3) is 0 Å². The Morgan fingerprint density at radius 1 is 1.39 bits per heavy atom. The lowest BCUT2D eigenvalue weighted by Crippen LogP contribution is -2.44. The van der Waals surface area contributed by atoms with Crippen molar-refractivity contribution in [1.29, 1.82) is 0 Å². The molecule has 0 saturated carbocycles. The second-order valence-corrected chi connectivity index (χ2v) is 4.31. The number of aryl methyl sites for hydroxylation is 1. The highest BCUT2D eigenvalue weighted by Crippen LogP contribution is 2.19. The molecule has 1 saturated heterocycles. The lowest BCUT2D eigenvalue weighted by Gasteiger charge is -2.30. The molecule has 0 aromatic heterocycles. The zero-order valence-electron chi connectivity index (χ0n) is 10.2. The summed E-state index contributed by atoms with van der Waals surface area (Å²) >= 11 is 0. The van der Waals surface area contributed by atoms with Crippen LogP contribution in [0.4, 0.5) is 0 Å². The predicted molar refractivity (Wildman–Crippen MR) is 64.8 cm³/mol. The second-order valence-electron chi connectivity index (χ2n) is 4.31. The molecule has 96 valence electrons. The smallest absolute Gasteiger partial charge is 0.335 e. The topological polar surface area (TPSA) is 66.8 Å². The second kappa shape index (κ2) is 5.08. The molecule has 1 fully saturated rings. The molecule has 18 heavy (non-hydrogen) atoms. The van der Waals surface area contributed by atoms with Gasteiger partial charge in [-0.25, -0.2) is 4.79 Å². The summed E-state index contributed by atoms with van der Waals surface area (Å²) in [5.41, 5.74) is 0.931. The number of aromatic carboxylic acids is 1.